The van der Waals surface area contributed by atoms with Gasteiger partial charge in [0.25, 0.3) is 20.2 Å². The number of nitrogen functional groups attached to an aromatic ring is 1. The Morgan fingerprint density at radius 3 is 2.08 bits per heavy atom. The first-order valence-electron chi connectivity index (χ1n) is 6.03. The third-order valence-corrected chi connectivity index (χ3v) is 5.10. The third-order valence-electron chi connectivity index (χ3n) is 3.39. The Balaban J connectivity index is 2.64. The first kappa shape index (κ1) is 16.3. The van der Waals surface area contributed by atoms with E-state index in [4.69, 9.17) is 10.3 Å². The number of cyclic esters (lactones) is 2. The molecule has 0 aromatic heterocycles. The zero-order valence-electron chi connectivity index (χ0n) is 11.4. The van der Waals surface area contributed by atoms with Crippen LogP contribution >= 0.6 is 0 Å². The molecule has 2 aromatic carbocycles. The summed E-state index contributed by atoms with van der Waals surface area (Å²) in [6.07, 6.45) is 0. The van der Waals surface area contributed by atoms with Gasteiger partial charge in [0.15, 0.2) is 0 Å². The molecule has 0 saturated carbocycles. The number of carbonyl (C=O) groups excluding carboxylic acids is 2. The van der Waals surface area contributed by atoms with Gasteiger partial charge in [0.05, 0.1) is 16.0 Å². The van der Waals surface area contributed by atoms with E-state index >= 15 is 0 Å². The molecule has 0 saturated heterocycles. The largest absolute Gasteiger partial charge is 0.398 e. The van der Waals surface area contributed by atoms with E-state index in [1.54, 1.807) is 0 Å². The van der Waals surface area contributed by atoms with Crippen molar-refractivity contribution in [3.63, 3.8) is 0 Å². The molecule has 24 heavy (non-hydrogen) atoms. The maximum absolute atomic E-state index is 11.9. The van der Waals surface area contributed by atoms with Crippen LogP contribution in [-0.4, -0.2) is 37.9 Å². The van der Waals surface area contributed by atoms with Crippen LogP contribution in [0.15, 0.2) is 28.0 Å². The standard InChI is InChI=1S/C12H7NO9S2/c13-7-3-8(24(19,20)21)10-9-5(7)1-4(23(16,17)18)2-6(9)11(14)22-12(10)15/h1-3H,13H2,(H,16,17,18)(H,19,20,21). The Morgan fingerprint density at radius 1 is 0.917 bits per heavy atom. The lowest BCUT2D eigenvalue weighted by Crippen LogP contribution is -2.23. The molecule has 0 amide bonds. The van der Waals surface area contributed by atoms with E-state index in [9.17, 15) is 31.0 Å². The minimum Gasteiger partial charge on any atom is -0.398 e. The van der Waals surface area contributed by atoms with Crippen LogP contribution in [0.25, 0.3) is 10.8 Å². The van der Waals surface area contributed by atoms with Crippen LogP contribution in [0.5, 0.6) is 0 Å². The Kier molecular flexibility index (Phi) is 3.22. The molecule has 126 valence electrons. The van der Waals surface area contributed by atoms with Gasteiger partial charge in [-0.05, 0) is 18.2 Å². The summed E-state index contributed by atoms with van der Waals surface area (Å²) in [6.45, 7) is 0. The fourth-order valence-electron chi connectivity index (χ4n) is 2.43. The number of benzene rings is 2. The van der Waals surface area contributed by atoms with Gasteiger partial charge in [0.1, 0.15) is 4.90 Å². The highest BCUT2D eigenvalue weighted by Gasteiger charge is 2.35. The third kappa shape index (κ3) is 2.32. The number of hydrogen-bond donors (Lipinski definition) is 3. The quantitative estimate of drug-likeness (QED) is 0.285. The van der Waals surface area contributed by atoms with Gasteiger partial charge >= 0.3 is 11.9 Å². The van der Waals surface area contributed by atoms with E-state index in [2.05, 4.69) is 4.74 Å². The maximum Gasteiger partial charge on any atom is 0.348 e. The molecule has 0 atom stereocenters. The number of anilines is 1. The number of esters is 2. The molecule has 0 radical (unpaired) electrons. The smallest absolute Gasteiger partial charge is 0.348 e. The minimum absolute atomic E-state index is 0.174. The van der Waals surface area contributed by atoms with E-state index in [-0.39, 0.29) is 16.5 Å². The molecular weight excluding hydrogens is 366 g/mol. The Bertz CT molecular complexity index is 1160. The second-order valence-corrected chi connectivity index (χ2v) is 7.67. The van der Waals surface area contributed by atoms with Gasteiger partial charge in [-0.2, -0.15) is 16.8 Å². The van der Waals surface area contributed by atoms with E-state index in [1.807, 2.05) is 0 Å². The van der Waals surface area contributed by atoms with E-state index in [0.29, 0.717) is 6.07 Å². The molecule has 0 bridgehead atoms. The molecule has 4 N–H and O–H groups in total. The van der Waals surface area contributed by atoms with Gasteiger partial charge in [0.2, 0.25) is 0 Å². The maximum atomic E-state index is 11.9. The summed E-state index contributed by atoms with van der Waals surface area (Å²) in [5.74, 6) is -2.60. The van der Waals surface area contributed by atoms with Gasteiger partial charge in [0, 0.05) is 16.5 Å². The molecule has 3 rings (SSSR count). The average Bonchev–Trinajstić information content (AvgIpc) is 2.42. The normalized spacial score (nSPS) is 14.8. The van der Waals surface area contributed by atoms with Crippen molar-refractivity contribution in [2.24, 2.45) is 0 Å². The molecule has 2 aromatic rings. The van der Waals surface area contributed by atoms with Crippen LogP contribution < -0.4 is 5.73 Å². The summed E-state index contributed by atoms with van der Waals surface area (Å²) in [7, 11) is -9.61. The zero-order valence-corrected chi connectivity index (χ0v) is 13.0. The molecule has 0 fully saturated rings. The Hall–Kier alpha value is -2.54. The fraction of sp³-hybridized carbons (Fsp3) is 0. The molecule has 1 aliphatic rings. The zero-order chi connectivity index (χ0) is 18.0. The van der Waals surface area contributed by atoms with Crippen molar-refractivity contribution >= 4 is 48.6 Å². The van der Waals surface area contributed by atoms with Gasteiger partial charge in [-0.1, -0.05) is 0 Å². The number of nitrogens with two attached hydrogens (primary N) is 1. The molecule has 1 aliphatic heterocycles. The minimum atomic E-state index is -4.89. The topological polar surface area (TPSA) is 178 Å². The second-order valence-electron chi connectivity index (χ2n) is 4.86. The lowest BCUT2D eigenvalue weighted by atomic mass is 9.96. The van der Waals surface area contributed by atoms with Crippen molar-refractivity contribution in [3.8, 4) is 0 Å². The summed E-state index contributed by atoms with van der Waals surface area (Å²) < 4.78 is 68.3. The van der Waals surface area contributed by atoms with Gasteiger partial charge < -0.3 is 10.5 Å². The van der Waals surface area contributed by atoms with Crippen LogP contribution in [0.1, 0.15) is 20.7 Å². The summed E-state index contributed by atoms with van der Waals surface area (Å²) in [5, 5.41) is -0.469. The lowest BCUT2D eigenvalue weighted by molar-refractivity contribution is 0.0387. The van der Waals surface area contributed by atoms with Crippen molar-refractivity contribution in [3.05, 3.63) is 29.3 Å². The predicted octanol–water partition coefficient (Wildman–Crippen LogP) is 0.226. The number of hydrogen-bond acceptors (Lipinski definition) is 8. The van der Waals surface area contributed by atoms with E-state index < -0.39 is 53.1 Å². The molecule has 12 heteroatoms. The van der Waals surface area contributed by atoms with Crippen molar-refractivity contribution in [1.82, 2.24) is 0 Å². The molecule has 0 unspecified atom stereocenters. The summed E-state index contributed by atoms with van der Waals surface area (Å²) in [6, 6.07) is 2.30. The van der Waals surface area contributed by atoms with Crippen LogP contribution in [-0.2, 0) is 25.0 Å². The molecule has 0 spiro atoms. The number of carbonyl (C=O) groups is 2. The highest BCUT2D eigenvalue weighted by Crippen LogP contribution is 2.38. The van der Waals surface area contributed by atoms with Crippen molar-refractivity contribution < 1.29 is 40.3 Å². The van der Waals surface area contributed by atoms with Crippen LogP contribution in [0, 0.1) is 0 Å². The van der Waals surface area contributed by atoms with E-state index in [1.165, 1.54) is 0 Å². The SMILES string of the molecule is Nc1cc(S(=O)(=O)O)c2c3c(cc(S(=O)(=O)O)cc13)C(=O)OC2=O. The van der Waals surface area contributed by atoms with E-state index in [0.717, 1.165) is 12.1 Å². The van der Waals surface area contributed by atoms with Crippen molar-refractivity contribution in [2.75, 3.05) is 5.73 Å². The second kappa shape index (κ2) is 4.73. The molecular formula is C12H7NO9S2. The number of rotatable bonds is 2. The van der Waals surface area contributed by atoms with Crippen molar-refractivity contribution in [1.29, 1.82) is 0 Å². The fourth-order valence-corrected chi connectivity index (χ4v) is 3.69. The Morgan fingerprint density at radius 2 is 1.54 bits per heavy atom. The van der Waals surface area contributed by atoms with Crippen LogP contribution in [0.2, 0.25) is 0 Å². The van der Waals surface area contributed by atoms with Gasteiger partial charge in [-0.3, -0.25) is 9.11 Å². The first-order chi connectivity index (χ1) is 10.9. The highest BCUT2D eigenvalue weighted by molar-refractivity contribution is 7.86. The van der Waals surface area contributed by atoms with Crippen LogP contribution in [0.3, 0.4) is 0 Å². The summed E-state index contributed by atoms with van der Waals surface area (Å²) in [4.78, 5) is 22.2. The molecule has 1 heterocycles. The average molecular weight is 373 g/mol. The molecule has 0 aliphatic carbocycles. The van der Waals surface area contributed by atoms with Gasteiger partial charge in [-0.25, -0.2) is 9.59 Å². The van der Waals surface area contributed by atoms with Crippen LogP contribution in [0.4, 0.5) is 5.69 Å². The van der Waals surface area contributed by atoms with Crippen molar-refractivity contribution in [2.45, 2.75) is 9.79 Å². The predicted molar refractivity (Wildman–Crippen MR) is 77.7 cm³/mol. The monoisotopic (exact) mass is 373 g/mol. The lowest BCUT2D eigenvalue weighted by Gasteiger charge is -2.19. The molecule has 10 nitrogen and oxygen atoms in total. The summed E-state index contributed by atoms with van der Waals surface area (Å²) in [5.41, 5.74) is 4.17. The highest BCUT2D eigenvalue weighted by atomic mass is 32.2. The Labute approximate surface area is 134 Å². The first-order valence-corrected chi connectivity index (χ1v) is 8.91. The van der Waals surface area contributed by atoms with Gasteiger partial charge in [-0.15, -0.1) is 0 Å². The number of ether oxygens (including phenoxy) is 1. The summed E-state index contributed by atoms with van der Waals surface area (Å²) >= 11 is 0.